The van der Waals surface area contributed by atoms with Gasteiger partial charge in [-0.2, -0.15) is 4.98 Å². The zero-order chi connectivity index (χ0) is 19.5. The number of methoxy groups -OCH3 is 1. The minimum atomic E-state index is -0.0663. The number of hydrogen-bond acceptors (Lipinski definition) is 6. The Hall–Kier alpha value is -3.61. The first-order valence-corrected chi connectivity index (χ1v) is 8.91. The molecule has 0 unspecified atom stereocenters. The van der Waals surface area contributed by atoms with Crippen molar-refractivity contribution in [1.29, 1.82) is 0 Å². The van der Waals surface area contributed by atoms with E-state index in [0.29, 0.717) is 24.0 Å². The smallest absolute Gasteiger partial charge is 0.265 e. The molecule has 0 bridgehead atoms. The molecular formula is C21H19N3O4. The molecule has 3 aromatic rings. The number of ether oxygens (including phenoxy) is 2. The van der Waals surface area contributed by atoms with Gasteiger partial charge in [-0.15, -0.1) is 0 Å². The largest absolute Gasteiger partial charge is 0.497 e. The van der Waals surface area contributed by atoms with Crippen molar-refractivity contribution in [2.75, 3.05) is 25.2 Å². The Morgan fingerprint density at radius 2 is 2.00 bits per heavy atom. The summed E-state index contributed by atoms with van der Waals surface area (Å²) in [6, 6.07) is 13.2. The van der Waals surface area contributed by atoms with Gasteiger partial charge in [0.05, 0.1) is 12.8 Å². The SMILES string of the molecule is CCN1C(=O)COc2ccc(-c3noc(/C=C/c4ccc(OC)cc4)n3)cc21. The summed E-state index contributed by atoms with van der Waals surface area (Å²) in [5.41, 5.74) is 2.46. The van der Waals surface area contributed by atoms with Gasteiger partial charge in [-0.25, -0.2) is 0 Å². The topological polar surface area (TPSA) is 77.7 Å². The lowest BCUT2D eigenvalue weighted by molar-refractivity contribution is -0.121. The van der Waals surface area contributed by atoms with Crippen molar-refractivity contribution in [3.8, 4) is 22.9 Å². The number of carbonyl (C=O) groups is 1. The van der Waals surface area contributed by atoms with Crippen LogP contribution < -0.4 is 14.4 Å². The fourth-order valence-electron chi connectivity index (χ4n) is 2.99. The third kappa shape index (κ3) is 3.46. The number of likely N-dealkylation sites (N-methyl/N-ethyl adjacent to an activating group) is 1. The highest BCUT2D eigenvalue weighted by Crippen LogP contribution is 2.35. The minimum Gasteiger partial charge on any atom is -0.497 e. The molecule has 4 rings (SSSR count). The second-order valence-electron chi connectivity index (χ2n) is 6.17. The van der Waals surface area contributed by atoms with Crippen LogP contribution in [0.3, 0.4) is 0 Å². The van der Waals surface area contributed by atoms with Crippen molar-refractivity contribution < 1.29 is 18.8 Å². The number of aromatic nitrogens is 2. The second kappa shape index (κ2) is 7.56. The Balaban J connectivity index is 1.56. The summed E-state index contributed by atoms with van der Waals surface area (Å²) >= 11 is 0. The number of carbonyl (C=O) groups excluding carboxylic acids is 1. The van der Waals surface area contributed by atoms with Crippen LogP contribution in [0.1, 0.15) is 18.4 Å². The Kier molecular flexibility index (Phi) is 4.80. The van der Waals surface area contributed by atoms with Crippen LogP contribution in [0.25, 0.3) is 23.5 Å². The predicted octanol–water partition coefficient (Wildman–Crippen LogP) is 3.66. The number of benzene rings is 2. The lowest BCUT2D eigenvalue weighted by Crippen LogP contribution is -2.38. The molecule has 0 fully saturated rings. The zero-order valence-electron chi connectivity index (χ0n) is 15.6. The van der Waals surface area contributed by atoms with Gasteiger partial charge in [0, 0.05) is 18.2 Å². The number of amides is 1. The van der Waals surface area contributed by atoms with Gasteiger partial charge < -0.3 is 18.9 Å². The van der Waals surface area contributed by atoms with Crippen molar-refractivity contribution >= 4 is 23.7 Å². The van der Waals surface area contributed by atoms with E-state index in [1.54, 1.807) is 18.1 Å². The van der Waals surface area contributed by atoms with Crippen LogP contribution in [0.15, 0.2) is 47.0 Å². The molecular weight excluding hydrogens is 358 g/mol. The molecule has 0 radical (unpaired) electrons. The average Bonchev–Trinajstić information content (AvgIpc) is 3.21. The molecule has 0 saturated carbocycles. The first kappa shape index (κ1) is 17.8. The highest BCUT2D eigenvalue weighted by molar-refractivity contribution is 5.98. The number of nitrogens with zero attached hydrogens (tertiary/aromatic N) is 3. The van der Waals surface area contributed by atoms with Crippen LogP contribution in [-0.2, 0) is 4.79 Å². The molecule has 0 atom stereocenters. The van der Waals surface area contributed by atoms with Gasteiger partial charge in [0.1, 0.15) is 11.5 Å². The lowest BCUT2D eigenvalue weighted by Gasteiger charge is -2.28. The molecule has 0 saturated heterocycles. The van der Waals surface area contributed by atoms with E-state index in [9.17, 15) is 4.79 Å². The van der Waals surface area contributed by atoms with Crippen molar-refractivity contribution in [3.63, 3.8) is 0 Å². The van der Waals surface area contributed by atoms with E-state index in [4.69, 9.17) is 14.0 Å². The normalized spacial score (nSPS) is 13.5. The molecule has 7 heteroatoms. The van der Waals surface area contributed by atoms with Crippen LogP contribution >= 0.6 is 0 Å². The Labute approximate surface area is 162 Å². The summed E-state index contributed by atoms with van der Waals surface area (Å²) in [7, 11) is 1.63. The number of anilines is 1. The van der Waals surface area contributed by atoms with E-state index in [-0.39, 0.29) is 12.5 Å². The van der Waals surface area contributed by atoms with E-state index in [2.05, 4.69) is 10.1 Å². The number of fused-ring (bicyclic) bond motifs is 1. The molecule has 0 N–H and O–H groups in total. The maximum absolute atomic E-state index is 12.0. The predicted molar refractivity (Wildman–Crippen MR) is 105 cm³/mol. The molecule has 1 aliphatic heterocycles. The molecule has 7 nitrogen and oxygen atoms in total. The summed E-state index contributed by atoms with van der Waals surface area (Å²) in [4.78, 5) is 18.1. The van der Waals surface area contributed by atoms with Crippen molar-refractivity contribution in [1.82, 2.24) is 10.1 Å². The first-order chi connectivity index (χ1) is 13.7. The maximum atomic E-state index is 12.0. The second-order valence-corrected chi connectivity index (χ2v) is 6.17. The van der Waals surface area contributed by atoms with Crippen LogP contribution in [-0.4, -0.2) is 36.3 Å². The van der Waals surface area contributed by atoms with E-state index in [1.165, 1.54) is 0 Å². The van der Waals surface area contributed by atoms with E-state index in [0.717, 1.165) is 22.6 Å². The zero-order valence-corrected chi connectivity index (χ0v) is 15.6. The van der Waals surface area contributed by atoms with Gasteiger partial charge in [-0.1, -0.05) is 17.3 Å². The highest BCUT2D eigenvalue weighted by Gasteiger charge is 2.25. The Bertz CT molecular complexity index is 1020. The van der Waals surface area contributed by atoms with Gasteiger partial charge in [-0.05, 0) is 48.9 Å². The number of hydrogen-bond donors (Lipinski definition) is 0. The monoisotopic (exact) mass is 377 g/mol. The molecule has 2 heterocycles. The fraction of sp³-hybridized carbons (Fsp3) is 0.190. The van der Waals surface area contributed by atoms with E-state index in [1.807, 2.05) is 55.5 Å². The minimum absolute atomic E-state index is 0.0582. The molecule has 1 amide bonds. The molecule has 1 aliphatic rings. The van der Waals surface area contributed by atoms with Crippen molar-refractivity contribution in [2.45, 2.75) is 6.92 Å². The van der Waals surface area contributed by atoms with Crippen LogP contribution in [0.5, 0.6) is 11.5 Å². The summed E-state index contributed by atoms with van der Waals surface area (Å²) in [5.74, 6) is 2.25. The third-order valence-electron chi connectivity index (χ3n) is 4.45. The van der Waals surface area contributed by atoms with Crippen LogP contribution in [0, 0.1) is 0 Å². The third-order valence-corrected chi connectivity index (χ3v) is 4.45. The van der Waals surface area contributed by atoms with E-state index >= 15 is 0 Å². The molecule has 0 spiro atoms. The fourth-order valence-corrected chi connectivity index (χ4v) is 2.99. The van der Waals surface area contributed by atoms with Crippen LogP contribution in [0.2, 0.25) is 0 Å². The Morgan fingerprint density at radius 1 is 1.18 bits per heavy atom. The van der Waals surface area contributed by atoms with Crippen LogP contribution in [0.4, 0.5) is 5.69 Å². The van der Waals surface area contributed by atoms with Gasteiger partial charge in [0.15, 0.2) is 6.61 Å². The average molecular weight is 377 g/mol. The lowest BCUT2D eigenvalue weighted by atomic mass is 10.1. The summed E-state index contributed by atoms with van der Waals surface area (Å²) < 4.78 is 16.0. The van der Waals surface area contributed by atoms with Crippen molar-refractivity contribution in [3.05, 3.63) is 53.9 Å². The maximum Gasteiger partial charge on any atom is 0.265 e. The molecule has 28 heavy (non-hydrogen) atoms. The molecule has 2 aromatic carbocycles. The van der Waals surface area contributed by atoms with E-state index < -0.39 is 0 Å². The summed E-state index contributed by atoms with van der Waals surface area (Å²) in [5, 5.41) is 4.04. The van der Waals surface area contributed by atoms with Gasteiger partial charge >= 0.3 is 0 Å². The summed E-state index contributed by atoms with van der Waals surface area (Å²) in [6.07, 6.45) is 3.64. The molecule has 0 aliphatic carbocycles. The Morgan fingerprint density at radius 3 is 2.75 bits per heavy atom. The van der Waals surface area contributed by atoms with Gasteiger partial charge in [0.2, 0.25) is 5.82 Å². The standard InChI is InChI=1S/C21H19N3O4/c1-3-24-17-12-15(7-10-18(17)27-13-20(24)25)21-22-19(28-23-21)11-6-14-4-8-16(26-2)9-5-14/h4-12H,3,13H2,1-2H3/b11-6+. The molecule has 142 valence electrons. The molecule has 1 aromatic heterocycles. The quantitative estimate of drug-likeness (QED) is 0.675. The van der Waals surface area contributed by atoms with Crippen molar-refractivity contribution in [2.24, 2.45) is 0 Å². The number of rotatable bonds is 5. The first-order valence-electron chi connectivity index (χ1n) is 8.91. The summed E-state index contributed by atoms with van der Waals surface area (Å²) in [6.45, 7) is 2.56. The van der Waals surface area contributed by atoms with Gasteiger partial charge in [0.25, 0.3) is 11.8 Å². The van der Waals surface area contributed by atoms with Gasteiger partial charge in [-0.3, -0.25) is 4.79 Å². The highest BCUT2D eigenvalue weighted by atomic mass is 16.5.